The highest BCUT2D eigenvalue weighted by Crippen LogP contribution is 2.27. The van der Waals surface area contributed by atoms with Gasteiger partial charge in [-0.15, -0.1) is 0 Å². The maximum atomic E-state index is 12.2. The summed E-state index contributed by atoms with van der Waals surface area (Å²) >= 11 is 6.67. The zero-order valence-corrected chi connectivity index (χ0v) is 15.1. The van der Waals surface area contributed by atoms with Crippen molar-refractivity contribution in [2.45, 2.75) is 32.1 Å². The molecule has 1 rings (SSSR count). The van der Waals surface area contributed by atoms with Crippen LogP contribution in [-0.2, 0) is 10.0 Å². The Hall–Kier alpha value is -0.110. The molecule has 0 aromatic heterocycles. The first-order valence-corrected chi connectivity index (χ1v) is 9.05. The highest BCUT2D eigenvalue weighted by Gasteiger charge is 2.21. The molecule has 1 atom stereocenters. The Labute approximate surface area is 131 Å². The monoisotopic (exact) mass is 412 g/mol. The Bertz CT molecular complexity index is 533. The average molecular weight is 414 g/mol. The number of benzene rings is 1. The van der Waals surface area contributed by atoms with Crippen LogP contribution in [0.25, 0.3) is 0 Å². The van der Waals surface area contributed by atoms with Gasteiger partial charge in [0.1, 0.15) is 0 Å². The Morgan fingerprint density at radius 3 is 2.37 bits per heavy atom. The minimum Gasteiger partial charge on any atom is -0.313 e. The van der Waals surface area contributed by atoms with Gasteiger partial charge < -0.3 is 5.32 Å². The highest BCUT2D eigenvalue weighted by molar-refractivity contribution is 9.11. The Kier molecular flexibility index (Phi) is 6.29. The molecule has 0 amide bonds. The van der Waals surface area contributed by atoms with Gasteiger partial charge in [0.2, 0.25) is 10.0 Å². The second-order valence-electron chi connectivity index (χ2n) is 4.64. The molecule has 0 aliphatic heterocycles. The molecular weight excluding hydrogens is 396 g/mol. The highest BCUT2D eigenvalue weighted by atomic mass is 79.9. The van der Waals surface area contributed by atoms with Crippen LogP contribution in [0, 0.1) is 0 Å². The Balaban J connectivity index is 2.78. The zero-order chi connectivity index (χ0) is 14.6. The van der Waals surface area contributed by atoms with Crippen molar-refractivity contribution in [1.29, 1.82) is 0 Å². The summed E-state index contributed by atoms with van der Waals surface area (Å²) in [5.74, 6) is 0. The first kappa shape index (κ1) is 16.9. The van der Waals surface area contributed by atoms with Gasteiger partial charge in [-0.3, -0.25) is 4.72 Å². The van der Waals surface area contributed by atoms with Crippen LogP contribution in [0.4, 0.5) is 5.69 Å². The van der Waals surface area contributed by atoms with E-state index in [4.69, 9.17) is 0 Å². The third kappa shape index (κ3) is 5.41. The van der Waals surface area contributed by atoms with Crippen molar-refractivity contribution in [1.82, 2.24) is 5.32 Å². The smallest absolute Gasteiger partial charge is 0.236 e. The quantitative estimate of drug-likeness (QED) is 0.751. The van der Waals surface area contributed by atoms with E-state index in [1.165, 1.54) is 0 Å². The number of halogens is 2. The lowest BCUT2D eigenvalue weighted by Crippen LogP contribution is -2.37. The summed E-state index contributed by atoms with van der Waals surface area (Å²) in [4.78, 5) is 0. The Morgan fingerprint density at radius 1 is 1.21 bits per heavy atom. The number of nitrogens with one attached hydrogen (secondary N) is 2. The summed E-state index contributed by atoms with van der Waals surface area (Å²) in [6.07, 6.45) is 0. The summed E-state index contributed by atoms with van der Waals surface area (Å²) in [5, 5.41) is 2.61. The summed E-state index contributed by atoms with van der Waals surface area (Å²) in [6, 6.07) is 5.57. The number of hydrogen-bond donors (Lipinski definition) is 2. The number of anilines is 1. The van der Waals surface area contributed by atoms with Crippen molar-refractivity contribution in [2.24, 2.45) is 0 Å². The van der Waals surface area contributed by atoms with Crippen LogP contribution < -0.4 is 10.0 Å². The van der Waals surface area contributed by atoms with Crippen LogP contribution in [0.3, 0.4) is 0 Å². The van der Waals surface area contributed by atoms with Gasteiger partial charge in [-0.25, -0.2) is 8.42 Å². The third-order valence-corrected chi connectivity index (χ3v) is 5.41. The fourth-order valence-corrected chi connectivity index (χ4v) is 3.62. The van der Waals surface area contributed by atoms with Gasteiger partial charge in [-0.2, -0.15) is 0 Å². The van der Waals surface area contributed by atoms with E-state index in [-0.39, 0.29) is 6.04 Å². The molecule has 2 N–H and O–H groups in total. The fourth-order valence-electron chi connectivity index (χ4n) is 1.34. The topological polar surface area (TPSA) is 58.2 Å². The van der Waals surface area contributed by atoms with Gasteiger partial charge in [0.05, 0.1) is 10.9 Å². The average Bonchev–Trinajstić information content (AvgIpc) is 2.29. The maximum Gasteiger partial charge on any atom is 0.236 e. The molecule has 108 valence electrons. The van der Waals surface area contributed by atoms with E-state index >= 15 is 0 Å². The lowest BCUT2D eigenvalue weighted by molar-refractivity contribution is 0.553. The van der Waals surface area contributed by atoms with Crippen LogP contribution in [0.1, 0.15) is 20.8 Å². The predicted octanol–water partition coefficient (Wildman–Crippen LogP) is 3.34. The normalized spacial score (nSPS) is 13.6. The summed E-state index contributed by atoms with van der Waals surface area (Å²) < 4.78 is 28.5. The molecule has 0 radical (unpaired) electrons. The van der Waals surface area contributed by atoms with E-state index < -0.39 is 15.3 Å². The van der Waals surface area contributed by atoms with Crippen LogP contribution in [0.2, 0.25) is 0 Å². The molecule has 0 heterocycles. The van der Waals surface area contributed by atoms with Crippen LogP contribution in [-0.4, -0.2) is 26.3 Å². The molecule has 4 nitrogen and oxygen atoms in total. The maximum absolute atomic E-state index is 12.2. The number of sulfonamides is 1. The largest absolute Gasteiger partial charge is 0.313 e. The lowest BCUT2D eigenvalue weighted by Gasteiger charge is -2.17. The molecule has 19 heavy (non-hydrogen) atoms. The molecular formula is C12H18Br2N2O2S. The van der Waals surface area contributed by atoms with Gasteiger partial charge in [-0.1, -0.05) is 29.8 Å². The van der Waals surface area contributed by atoms with Gasteiger partial charge in [0, 0.05) is 21.5 Å². The number of rotatable bonds is 6. The van der Waals surface area contributed by atoms with Crippen LogP contribution in [0.5, 0.6) is 0 Å². The van der Waals surface area contributed by atoms with E-state index in [1.807, 2.05) is 13.8 Å². The summed E-state index contributed by atoms with van der Waals surface area (Å²) in [6.45, 7) is 6.07. The third-order valence-electron chi connectivity index (χ3n) is 2.53. The zero-order valence-electron chi connectivity index (χ0n) is 11.1. The molecule has 1 unspecified atom stereocenters. The Morgan fingerprint density at radius 2 is 1.84 bits per heavy atom. The van der Waals surface area contributed by atoms with Crippen molar-refractivity contribution in [2.75, 3.05) is 11.3 Å². The standard InChI is InChI=1S/C12H18Br2N2O2S/c1-8(2)15-7-9(3)19(17,18)16-12-5-4-10(13)6-11(12)14/h4-6,8-9,15-16H,7H2,1-3H3. The molecule has 0 spiro atoms. The van der Waals surface area contributed by atoms with Gasteiger partial charge in [-0.05, 0) is 41.1 Å². The molecule has 0 aliphatic rings. The van der Waals surface area contributed by atoms with E-state index in [1.54, 1.807) is 25.1 Å². The second kappa shape index (κ2) is 7.06. The SMILES string of the molecule is CC(C)NCC(C)S(=O)(=O)Nc1ccc(Br)cc1Br. The fraction of sp³-hybridized carbons (Fsp3) is 0.500. The van der Waals surface area contributed by atoms with Gasteiger partial charge in [0.15, 0.2) is 0 Å². The lowest BCUT2D eigenvalue weighted by atomic mass is 10.3. The molecule has 0 saturated carbocycles. The summed E-state index contributed by atoms with van der Waals surface area (Å²) in [5.41, 5.74) is 0.541. The second-order valence-corrected chi connectivity index (χ2v) is 8.51. The predicted molar refractivity (Wildman–Crippen MR) is 87.0 cm³/mol. The molecule has 0 saturated heterocycles. The van der Waals surface area contributed by atoms with Crippen molar-refractivity contribution in [3.8, 4) is 0 Å². The summed E-state index contributed by atoms with van der Waals surface area (Å²) in [7, 11) is -3.40. The minimum absolute atomic E-state index is 0.261. The first-order chi connectivity index (χ1) is 8.72. The molecule has 1 aromatic carbocycles. The van der Waals surface area contributed by atoms with Crippen molar-refractivity contribution in [3.63, 3.8) is 0 Å². The van der Waals surface area contributed by atoms with E-state index in [0.29, 0.717) is 16.7 Å². The van der Waals surface area contributed by atoms with Gasteiger partial charge >= 0.3 is 0 Å². The number of hydrogen-bond acceptors (Lipinski definition) is 3. The molecule has 1 aromatic rings. The molecule has 0 bridgehead atoms. The first-order valence-electron chi connectivity index (χ1n) is 5.92. The van der Waals surface area contributed by atoms with Crippen LogP contribution in [0.15, 0.2) is 27.1 Å². The van der Waals surface area contributed by atoms with Crippen molar-refractivity contribution in [3.05, 3.63) is 27.1 Å². The van der Waals surface area contributed by atoms with E-state index in [0.717, 1.165) is 4.47 Å². The van der Waals surface area contributed by atoms with E-state index in [9.17, 15) is 8.42 Å². The van der Waals surface area contributed by atoms with Crippen molar-refractivity contribution < 1.29 is 8.42 Å². The van der Waals surface area contributed by atoms with Crippen molar-refractivity contribution >= 4 is 47.6 Å². The molecule has 7 heteroatoms. The molecule has 0 aliphatic carbocycles. The minimum atomic E-state index is -3.40. The van der Waals surface area contributed by atoms with Gasteiger partial charge in [0.25, 0.3) is 0 Å². The molecule has 0 fully saturated rings. The van der Waals surface area contributed by atoms with Crippen LogP contribution >= 0.6 is 31.9 Å². The van der Waals surface area contributed by atoms with E-state index in [2.05, 4.69) is 41.9 Å².